The van der Waals surface area contributed by atoms with Crippen LogP contribution in [0.5, 0.6) is 0 Å². The minimum Gasteiger partial charge on any atom is -0.381 e. The topological polar surface area (TPSA) is 58.2 Å². The SMILES string of the molecule is CCCNS(=O)(=O)c1ccccc1NC1CCCCC1C. The molecule has 0 saturated heterocycles. The van der Waals surface area contributed by atoms with Crippen LogP contribution in [0.2, 0.25) is 0 Å². The van der Waals surface area contributed by atoms with Crippen LogP contribution in [0, 0.1) is 5.92 Å². The maximum Gasteiger partial charge on any atom is 0.242 e. The zero-order valence-corrected chi connectivity index (χ0v) is 13.7. The van der Waals surface area contributed by atoms with E-state index in [9.17, 15) is 8.42 Å². The molecule has 1 aliphatic carbocycles. The van der Waals surface area contributed by atoms with E-state index in [1.54, 1.807) is 12.1 Å². The van der Waals surface area contributed by atoms with Gasteiger partial charge in [0.15, 0.2) is 0 Å². The van der Waals surface area contributed by atoms with Crippen LogP contribution in [0.25, 0.3) is 0 Å². The summed E-state index contributed by atoms with van der Waals surface area (Å²) in [6.45, 7) is 4.66. The van der Waals surface area contributed by atoms with E-state index in [-0.39, 0.29) is 0 Å². The molecule has 1 aromatic carbocycles. The molecule has 1 aliphatic rings. The average molecular weight is 310 g/mol. The Kier molecular flexibility index (Phi) is 5.65. The highest BCUT2D eigenvalue weighted by Crippen LogP contribution is 2.29. The fourth-order valence-electron chi connectivity index (χ4n) is 2.86. The van der Waals surface area contributed by atoms with Gasteiger partial charge in [0.25, 0.3) is 0 Å². The second-order valence-corrected chi connectivity index (χ2v) is 7.64. The Balaban J connectivity index is 2.20. The second-order valence-electron chi connectivity index (χ2n) is 5.91. The van der Waals surface area contributed by atoms with Crippen LogP contribution in [0.4, 0.5) is 5.69 Å². The summed E-state index contributed by atoms with van der Waals surface area (Å²) in [6.07, 6.45) is 5.59. The fourth-order valence-corrected chi connectivity index (χ4v) is 4.17. The van der Waals surface area contributed by atoms with Crippen LogP contribution in [0.15, 0.2) is 29.2 Å². The predicted octanol–water partition coefficient (Wildman–Crippen LogP) is 3.37. The number of para-hydroxylation sites is 1. The van der Waals surface area contributed by atoms with Crippen LogP contribution in [-0.2, 0) is 10.0 Å². The van der Waals surface area contributed by atoms with Crippen LogP contribution in [-0.4, -0.2) is 21.0 Å². The number of benzene rings is 1. The first-order valence-electron chi connectivity index (χ1n) is 7.90. The summed E-state index contributed by atoms with van der Waals surface area (Å²) in [4.78, 5) is 0.358. The third-order valence-electron chi connectivity index (χ3n) is 4.17. The molecule has 2 rings (SSSR count). The molecule has 1 fully saturated rings. The number of hydrogen-bond donors (Lipinski definition) is 2. The van der Waals surface area contributed by atoms with Gasteiger partial charge < -0.3 is 5.32 Å². The smallest absolute Gasteiger partial charge is 0.242 e. The lowest BCUT2D eigenvalue weighted by atomic mass is 9.86. The van der Waals surface area contributed by atoms with Gasteiger partial charge in [-0.05, 0) is 37.3 Å². The van der Waals surface area contributed by atoms with E-state index >= 15 is 0 Å². The zero-order valence-electron chi connectivity index (χ0n) is 12.9. The van der Waals surface area contributed by atoms with E-state index < -0.39 is 10.0 Å². The molecule has 2 atom stereocenters. The van der Waals surface area contributed by atoms with Crippen molar-refractivity contribution in [1.29, 1.82) is 0 Å². The van der Waals surface area contributed by atoms with Gasteiger partial charge in [-0.1, -0.05) is 38.8 Å². The first-order valence-corrected chi connectivity index (χ1v) is 9.38. The quantitative estimate of drug-likeness (QED) is 0.847. The Morgan fingerprint density at radius 1 is 1.19 bits per heavy atom. The summed E-state index contributed by atoms with van der Waals surface area (Å²) < 4.78 is 27.4. The minimum absolute atomic E-state index is 0.358. The van der Waals surface area contributed by atoms with Gasteiger partial charge in [-0.2, -0.15) is 0 Å². The van der Waals surface area contributed by atoms with Gasteiger partial charge in [0.2, 0.25) is 10.0 Å². The Bertz CT molecular complexity index is 557. The van der Waals surface area contributed by atoms with Crippen molar-refractivity contribution in [3.63, 3.8) is 0 Å². The predicted molar refractivity (Wildman–Crippen MR) is 87.0 cm³/mol. The Morgan fingerprint density at radius 2 is 1.90 bits per heavy atom. The Labute approximate surface area is 128 Å². The lowest BCUT2D eigenvalue weighted by molar-refractivity contribution is 0.349. The molecule has 0 aromatic heterocycles. The highest BCUT2D eigenvalue weighted by atomic mass is 32.2. The number of nitrogens with one attached hydrogen (secondary N) is 2. The van der Waals surface area contributed by atoms with E-state index in [0.717, 1.165) is 18.5 Å². The van der Waals surface area contributed by atoms with Crippen molar-refractivity contribution >= 4 is 15.7 Å². The van der Waals surface area contributed by atoms with E-state index in [4.69, 9.17) is 0 Å². The molecule has 0 aliphatic heterocycles. The summed E-state index contributed by atoms with van der Waals surface area (Å²) in [6, 6.07) is 7.56. The highest BCUT2D eigenvalue weighted by Gasteiger charge is 2.24. The van der Waals surface area contributed by atoms with Gasteiger partial charge >= 0.3 is 0 Å². The maximum atomic E-state index is 12.4. The number of anilines is 1. The molecule has 2 unspecified atom stereocenters. The van der Waals surface area contributed by atoms with Gasteiger partial charge in [0.05, 0.1) is 5.69 Å². The second kappa shape index (κ2) is 7.27. The molecule has 0 bridgehead atoms. The van der Waals surface area contributed by atoms with Crippen LogP contribution in [0.3, 0.4) is 0 Å². The lowest BCUT2D eigenvalue weighted by Crippen LogP contribution is -2.32. The van der Waals surface area contributed by atoms with E-state index in [1.807, 2.05) is 19.1 Å². The average Bonchev–Trinajstić information content (AvgIpc) is 2.48. The van der Waals surface area contributed by atoms with Crippen molar-refractivity contribution in [2.75, 3.05) is 11.9 Å². The first-order chi connectivity index (χ1) is 10.0. The Hall–Kier alpha value is -1.07. The van der Waals surface area contributed by atoms with E-state index in [2.05, 4.69) is 17.0 Å². The fraction of sp³-hybridized carbons (Fsp3) is 0.625. The van der Waals surface area contributed by atoms with E-state index in [1.165, 1.54) is 19.3 Å². The molecule has 0 amide bonds. The summed E-state index contributed by atoms with van der Waals surface area (Å²) >= 11 is 0. The van der Waals surface area contributed by atoms with Crippen LogP contribution >= 0.6 is 0 Å². The molecule has 1 aromatic rings. The molecular weight excluding hydrogens is 284 g/mol. The molecule has 5 heteroatoms. The summed E-state index contributed by atoms with van der Waals surface area (Å²) in [5.41, 5.74) is 0.722. The molecule has 2 N–H and O–H groups in total. The normalized spacial score (nSPS) is 23.0. The molecule has 0 heterocycles. The van der Waals surface area contributed by atoms with Crippen molar-refractivity contribution in [3.05, 3.63) is 24.3 Å². The first kappa shape index (κ1) is 16.3. The summed E-state index contributed by atoms with van der Waals surface area (Å²) in [7, 11) is -3.43. The lowest BCUT2D eigenvalue weighted by Gasteiger charge is -2.31. The number of rotatable bonds is 6. The van der Waals surface area contributed by atoms with Gasteiger partial charge in [0, 0.05) is 12.6 Å². The van der Waals surface area contributed by atoms with Crippen molar-refractivity contribution in [1.82, 2.24) is 4.72 Å². The van der Waals surface area contributed by atoms with Crippen molar-refractivity contribution in [3.8, 4) is 0 Å². The molecule has 0 spiro atoms. The van der Waals surface area contributed by atoms with Crippen molar-refractivity contribution in [2.45, 2.75) is 56.9 Å². The largest absolute Gasteiger partial charge is 0.381 e. The van der Waals surface area contributed by atoms with Crippen molar-refractivity contribution < 1.29 is 8.42 Å². The molecule has 21 heavy (non-hydrogen) atoms. The van der Waals surface area contributed by atoms with Gasteiger partial charge in [-0.15, -0.1) is 0 Å². The molecule has 1 saturated carbocycles. The van der Waals surface area contributed by atoms with Gasteiger partial charge in [-0.25, -0.2) is 13.1 Å². The summed E-state index contributed by atoms with van der Waals surface area (Å²) in [5.74, 6) is 0.582. The third-order valence-corrected chi connectivity index (χ3v) is 5.69. The van der Waals surface area contributed by atoms with Crippen LogP contribution in [0.1, 0.15) is 46.0 Å². The van der Waals surface area contributed by atoms with Crippen molar-refractivity contribution in [2.24, 2.45) is 5.92 Å². The molecule has 4 nitrogen and oxygen atoms in total. The maximum absolute atomic E-state index is 12.4. The van der Waals surface area contributed by atoms with Gasteiger partial charge in [0.1, 0.15) is 4.90 Å². The number of sulfonamides is 1. The monoisotopic (exact) mass is 310 g/mol. The zero-order chi connectivity index (χ0) is 15.3. The van der Waals surface area contributed by atoms with Crippen LogP contribution < -0.4 is 10.0 Å². The Morgan fingerprint density at radius 3 is 2.62 bits per heavy atom. The standard InChI is InChI=1S/C16H26N2O2S/c1-3-12-17-21(19,20)16-11-7-6-10-15(16)18-14-9-5-4-8-13(14)2/h6-7,10-11,13-14,17-18H,3-5,8-9,12H2,1-2H3. The third kappa shape index (κ3) is 4.20. The molecular formula is C16H26N2O2S. The highest BCUT2D eigenvalue weighted by molar-refractivity contribution is 7.89. The van der Waals surface area contributed by atoms with Gasteiger partial charge in [-0.3, -0.25) is 0 Å². The molecule has 118 valence electrons. The van der Waals surface area contributed by atoms with E-state index in [0.29, 0.717) is 23.4 Å². The summed E-state index contributed by atoms with van der Waals surface area (Å²) in [5, 5.41) is 3.46. The minimum atomic E-state index is -3.43. The molecule has 0 radical (unpaired) electrons. The number of hydrogen-bond acceptors (Lipinski definition) is 3.